The van der Waals surface area contributed by atoms with Crippen molar-refractivity contribution in [2.75, 3.05) is 19.8 Å². The van der Waals surface area contributed by atoms with Crippen molar-refractivity contribution < 1.29 is 64.6 Å². The van der Waals surface area contributed by atoms with Crippen molar-refractivity contribution in [1.29, 1.82) is 0 Å². The van der Waals surface area contributed by atoms with Gasteiger partial charge in [-0.25, -0.2) is 0 Å². The van der Waals surface area contributed by atoms with Gasteiger partial charge in [-0.3, -0.25) is 4.79 Å². The molecule has 1 amide bonds. The lowest BCUT2D eigenvalue weighted by Gasteiger charge is -2.46. The number of carbonyl (C=O) groups is 1. The fourth-order valence-corrected chi connectivity index (χ4v) is 12.6. The number of amides is 1. The summed E-state index contributed by atoms with van der Waals surface area (Å²) in [6, 6.07) is -0.923. The van der Waals surface area contributed by atoms with Crippen LogP contribution in [0.2, 0.25) is 0 Å². The third kappa shape index (κ3) is 47.9. The van der Waals surface area contributed by atoms with Gasteiger partial charge in [0.05, 0.1) is 32.0 Å². The largest absolute Gasteiger partial charge is 0.394 e. The highest BCUT2D eigenvalue weighted by Crippen LogP contribution is 2.30. The zero-order chi connectivity index (χ0) is 69.4. The zero-order valence-electron chi connectivity index (χ0n) is 60.8. The molecular formula is C82H145NO13. The van der Waals surface area contributed by atoms with Crippen molar-refractivity contribution in [3.05, 3.63) is 97.2 Å². The second kappa shape index (κ2) is 65.2. The highest BCUT2D eigenvalue weighted by atomic mass is 16.7. The standard InChI is InChI=1S/C82H145NO13/c1-3-5-7-9-11-13-15-17-19-21-23-25-27-29-31-32-33-34-35-36-37-38-40-42-44-46-48-50-52-54-56-58-60-62-64-66-74(87)83-70(69-93-81-79(92)77(90)80(73(68-85)95-81)96-82-78(91)76(89)75(88)72(67-84)94-82)71(86)65-63-61-59-57-55-53-51-49-47-45-43-41-39-30-28-26-24-22-20-18-16-14-12-10-8-6-4-2/h5,7,11,13,17,19,23,25,29,31,33-34,36-37,63,65,70-73,75-82,84-86,88-92H,3-4,6,8-10,12,14-16,18,20-22,24,26-28,30,32,35,38-62,64,66-69H2,1-2H3,(H,83,87)/b7-5-,13-11-,19-17-,25-23-,31-29-,34-33-,37-36-,65-63+. The summed E-state index contributed by atoms with van der Waals surface area (Å²) in [5, 5.41) is 87.7. The van der Waals surface area contributed by atoms with Gasteiger partial charge in [0.15, 0.2) is 12.6 Å². The highest BCUT2D eigenvalue weighted by Gasteiger charge is 2.51. The van der Waals surface area contributed by atoms with Gasteiger partial charge in [-0.15, -0.1) is 0 Å². The molecule has 2 aliphatic rings. The van der Waals surface area contributed by atoms with Crippen LogP contribution < -0.4 is 5.32 Å². The van der Waals surface area contributed by atoms with Gasteiger partial charge in [0.25, 0.3) is 0 Å². The van der Waals surface area contributed by atoms with Gasteiger partial charge in [0.1, 0.15) is 48.8 Å². The van der Waals surface area contributed by atoms with Gasteiger partial charge in [-0.1, -0.05) is 336 Å². The van der Waals surface area contributed by atoms with Crippen molar-refractivity contribution in [3.8, 4) is 0 Å². The van der Waals surface area contributed by atoms with Crippen LogP contribution in [0.3, 0.4) is 0 Å². The predicted molar refractivity (Wildman–Crippen MR) is 396 cm³/mol. The van der Waals surface area contributed by atoms with E-state index in [0.29, 0.717) is 6.42 Å². The highest BCUT2D eigenvalue weighted by molar-refractivity contribution is 5.76. The second-order valence-corrected chi connectivity index (χ2v) is 27.5. The Morgan fingerprint density at radius 3 is 1.10 bits per heavy atom. The maximum absolute atomic E-state index is 13.4. The van der Waals surface area contributed by atoms with Crippen LogP contribution in [0.4, 0.5) is 0 Å². The van der Waals surface area contributed by atoms with E-state index in [2.05, 4.69) is 104 Å². The number of allylic oxidation sites excluding steroid dienone is 15. The Labute approximate surface area is 585 Å². The molecule has 0 spiro atoms. The van der Waals surface area contributed by atoms with Crippen LogP contribution >= 0.6 is 0 Å². The average Bonchev–Trinajstić information content (AvgIpc) is 0.797. The van der Waals surface area contributed by atoms with Gasteiger partial charge < -0.3 is 65.1 Å². The van der Waals surface area contributed by atoms with E-state index < -0.39 is 86.8 Å². The van der Waals surface area contributed by atoms with Crippen LogP contribution in [0.5, 0.6) is 0 Å². The number of carbonyl (C=O) groups excluding carboxylic acids is 1. The number of hydrogen-bond donors (Lipinski definition) is 9. The van der Waals surface area contributed by atoms with Crippen molar-refractivity contribution in [2.45, 2.75) is 396 Å². The molecule has 0 radical (unpaired) electrons. The number of nitrogens with one attached hydrogen (secondary N) is 1. The van der Waals surface area contributed by atoms with Gasteiger partial charge in [0, 0.05) is 6.42 Å². The lowest BCUT2D eigenvalue weighted by atomic mass is 9.97. The number of unbranched alkanes of at least 4 members (excludes halogenated alkanes) is 38. The molecule has 12 atom stereocenters. The summed E-state index contributed by atoms with van der Waals surface area (Å²) in [5.74, 6) is -0.240. The molecule has 2 fully saturated rings. The number of rotatable bonds is 65. The van der Waals surface area contributed by atoms with Crippen LogP contribution in [0.1, 0.15) is 322 Å². The smallest absolute Gasteiger partial charge is 0.220 e. The molecular weight excluding hydrogens is 1210 g/mol. The Morgan fingerprint density at radius 2 is 0.719 bits per heavy atom. The zero-order valence-corrected chi connectivity index (χ0v) is 60.8. The van der Waals surface area contributed by atoms with Crippen LogP contribution in [0.15, 0.2) is 97.2 Å². The van der Waals surface area contributed by atoms with E-state index in [0.717, 1.165) is 89.9 Å². The fourth-order valence-electron chi connectivity index (χ4n) is 12.6. The van der Waals surface area contributed by atoms with E-state index >= 15 is 0 Å². The topological polar surface area (TPSA) is 228 Å². The summed E-state index contributed by atoms with van der Waals surface area (Å²) in [5.41, 5.74) is 0. The predicted octanol–water partition coefficient (Wildman–Crippen LogP) is 17.7. The molecule has 12 unspecified atom stereocenters. The third-order valence-corrected chi connectivity index (χ3v) is 18.8. The monoisotopic (exact) mass is 1350 g/mol. The van der Waals surface area contributed by atoms with Crippen LogP contribution in [0, 0.1) is 0 Å². The molecule has 556 valence electrons. The lowest BCUT2D eigenvalue weighted by Crippen LogP contribution is -2.65. The number of hydrogen-bond acceptors (Lipinski definition) is 13. The molecule has 14 heteroatoms. The lowest BCUT2D eigenvalue weighted by molar-refractivity contribution is -0.359. The normalized spacial score (nSPS) is 22.8. The molecule has 0 aromatic heterocycles. The van der Waals surface area contributed by atoms with E-state index in [-0.39, 0.29) is 18.9 Å². The molecule has 96 heavy (non-hydrogen) atoms. The van der Waals surface area contributed by atoms with Gasteiger partial charge in [-0.2, -0.15) is 0 Å². The molecule has 9 N–H and O–H groups in total. The van der Waals surface area contributed by atoms with E-state index in [4.69, 9.17) is 18.9 Å². The Hall–Kier alpha value is -3.09. The minimum Gasteiger partial charge on any atom is -0.394 e. The second-order valence-electron chi connectivity index (χ2n) is 27.5. The van der Waals surface area contributed by atoms with Gasteiger partial charge in [0.2, 0.25) is 5.91 Å². The summed E-state index contributed by atoms with van der Waals surface area (Å²) in [7, 11) is 0. The molecule has 0 saturated carbocycles. The number of aliphatic hydroxyl groups excluding tert-OH is 8. The number of ether oxygens (including phenoxy) is 4. The summed E-state index contributed by atoms with van der Waals surface area (Å²) >= 11 is 0. The minimum absolute atomic E-state index is 0.240. The maximum atomic E-state index is 13.4. The van der Waals surface area contributed by atoms with Crippen LogP contribution in [-0.2, 0) is 23.7 Å². The molecule has 0 aromatic rings. The molecule has 0 aliphatic carbocycles. The molecule has 2 rings (SSSR count). The van der Waals surface area contributed by atoms with E-state index in [1.165, 1.54) is 205 Å². The average molecular weight is 1350 g/mol. The van der Waals surface area contributed by atoms with Gasteiger partial charge in [-0.05, 0) is 77.0 Å². The summed E-state index contributed by atoms with van der Waals surface area (Å²) in [6.45, 7) is 2.72. The molecule has 14 nitrogen and oxygen atoms in total. The first-order valence-electron chi connectivity index (χ1n) is 39.5. The quantitative estimate of drug-likeness (QED) is 0.0204. The van der Waals surface area contributed by atoms with Crippen molar-refractivity contribution >= 4 is 5.91 Å². The Balaban J connectivity index is 1.63. The maximum Gasteiger partial charge on any atom is 0.220 e. The summed E-state index contributed by atoms with van der Waals surface area (Å²) in [6.07, 6.45) is 76.1. The van der Waals surface area contributed by atoms with Crippen molar-refractivity contribution in [1.82, 2.24) is 5.32 Å². The van der Waals surface area contributed by atoms with Crippen molar-refractivity contribution in [3.63, 3.8) is 0 Å². The SMILES string of the molecule is CC/C=C\C/C=C\C/C=C\C/C=C\C/C=C\C/C=C\C/C=C\CCCCCCCCCCCCCCCC(=O)NC(COC1OC(CO)C(OC2OC(CO)C(O)C(O)C2O)C(O)C1O)C(O)/C=C/CCCCCCCCCCCCCCCCCCCCCCCCCCC. The first-order chi connectivity index (χ1) is 47.1. The molecule has 2 heterocycles. The first kappa shape index (κ1) is 89.0. The third-order valence-electron chi connectivity index (χ3n) is 18.8. The van der Waals surface area contributed by atoms with E-state index in [1.54, 1.807) is 6.08 Å². The van der Waals surface area contributed by atoms with E-state index in [9.17, 15) is 45.6 Å². The summed E-state index contributed by atoms with van der Waals surface area (Å²) < 4.78 is 22.9. The molecule has 0 aromatic carbocycles. The van der Waals surface area contributed by atoms with Gasteiger partial charge >= 0.3 is 0 Å². The minimum atomic E-state index is -1.79. The number of aliphatic hydroxyl groups is 8. The summed E-state index contributed by atoms with van der Waals surface area (Å²) in [4.78, 5) is 13.4. The fraction of sp³-hybridized carbons (Fsp3) is 0.793. The Kier molecular flexibility index (Phi) is 60.5. The van der Waals surface area contributed by atoms with Crippen molar-refractivity contribution in [2.24, 2.45) is 0 Å². The molecule has 2 saturated heterocycles. The Bertz CT molecular complexity index is 1980. The van der Waals surface area contributed by atoms with Crippen LogP contribution in [0.25, 0.3) is 0 Å². The molecule has 2 aliphatic heterocycles. The Morgan fingerprint density at radius 1 is 0.385 bits per heavy atom. The first-order valence-corrected chi connectivity index (χ1v) is 39.5. The molecule has 0 bridgehead atoms. The van der Waals surface area contributed by atoms with E-state index in [1.807, 2.05) is 6.08 Å². The van der Waals surface area contributed by atoms with Crippen LogP contribution in [-0.4, -0.2) is 140 Å².